The van der Waals surface area contributed by atoms with Crippen molar-refractivity contribution in [3.63, 3.8) is 0 Å². The first-order valence-corrected chi connectivity index (χ1v) is 7.66. The van der Waals surface area contributed by atoms with Crippen LogP contribution in [-0.2, 0) is 4.79 Å². The van der Waals surface area contributed by atoms with Gasteiger partial charge in [0.05, 0.1) is 17.3 Å². The fraction of sp³-hybridized carbons (Fsp3) is 0.133. The second kappa shape index (κ2) is 7.16. The van der Waals surface area contributed by atoms with Crippen LogP contribution >= 0.6 is 39.1 Å². The Labute approximate surface area is 141 Å². The van der Waals surface area contributed by atoms with E-state index in [9.17, 15) is 4.79 Å². The van der Waals surface area contributed by atoms with Crippen LogP contribution in [0.2, 0.25) is 5.02 Å². The van der Waals surface area contributed by atoms with Gasteiger partial charge in [0.1, 0.15) is 5.38 Å². The average Bonchev–Trinajstić information content (AvgIpc) is 2.47. The number of hydrogen-bond donors (Lipinski definition) is 1. The molecule has 0 heterocycles. The van der Waals surface area contributed by atoms with Crippen LogP contribution in [0.25, 0.3) is 0 Å². The molecule has 2 aromatic rings. The molecule has 0 spiro atoms. The molecule has 21 heavy (non-hydrogen) atoms. The van der Waals surface area contributed by atoms with E-state index in [0.29, 0.717) is 20.9 Å². The van der Waals surface area contributed by atoms with Crippen LogP contribution in [-0.4, -0.2) is 13.0 Å². The lowest BCUT2D eigenvalue weighted by atomic mass is 10.1. The summed E-state index contributed by atoms with van der Waals surface area (Å²) in [6, 6.07) is 12.4. The second-order valence-corrected chi connectivity index (χ2v) is 5.96. The van der Waals surface area contributed by atoms with Gasteiger partial charge in [-0.1, -0.05) is 41.9 Å². The SMILES string of the molecule is COc1c(Br)cc(Cl)cc1NC(=O)C(Cl)c1ccccc1. The molecule has 1 unspecified atom stereocenters. The fourth-order valence-corrected chi connectivity index (χ4v) is 3.00. The number of alkyl halides is 1. The van der Waals surface area contributed by atoms with Gasteiger partial charge in [0.2, 0.25) is 5.91 Å². The zero-order valence-electron chi connectivity index (χ0n) is 11.1. The predicted molar refractivity (Wildman–Crippen MR) is 89.4 cm³/mol. The van der Waals surface area contributed by atoms with Crippen molar-refractivity contribution in [3.05, 3.63) is 57.5 Å². The molecule has 0 saturated heterocycles. The summed E-state index contributed by atoms with van der Waals surface area (Å²) in [6.45, 7) is 0. The minimum atomic E-state index is -0.798. The second-order valence-electron chi connectivity index (χ2n) is 4.23. The van der Waals surface area contributed by atoms with E-state index >= 15 is 0 Å². The van der Waals surface area contributed by atoms with E-state index < -0.39 is 5.38 Å². The van der Waals surface area contributed by atoms with Crippen LogP contribution in [0.1, 0.15) is 10.9 Å². The van der Waals surface area contributed by atoms with Crippen LogP contribution in [0, 0.1) is 0 Å². The van der Waals surface area contributed by atoms with Crippen molar-refractivity contribution in [2.24, 2.45) is 0 Å². The Kier molecular flexibility index (Phi) is 5.51. The Bertz CT molecular complexity index is 650. The third kappa shape index (κ3) is 3.90. The van der Waals surface area contributed by atoms with Crippen LogP contribution in [0.4, 0.5) is 5.69 Å². The third-order valence-electron chi connectivity index (χ3n) is 2.79. The van der Waals surface area contributed by atoms with Crippen molar-refractivity contribution in [1.29, 1.82) is 0 Å². The molecule has 0 aromatic heterocycles. The topological polar surface area (TPSA) is 38.3 Å². The van der Waals surface area contributed by atoms with Crippen molar-refractivity contribution >= 4 is 50.7 Å². The first-order valence-electron chi connectivity index (χ1n) is 6.06. The number of amides is 1. The van der Waals surface area contributed by atoms with Crippen LogP contribution < -0.4 is 10.1 Å². The number of methoxy groups -OCH3 is 1. The third-order valence-corrected chi connectivity index (χ3v) is 4.05. The van der Waals surface area contributed by atoms with Gasteiger partial charge >= 0.3 is 0 Å². The predicted octanol–water partition coefficient (Wildman–Crippen LogP) is 5.03. The largest absolute Gasteiger partial charge is 0.493 e. The highest BCUT2D eigenvalue weighted by molar-refractivity contribution is 9.10. The maximum atomic E-state index is 12.2. The highest BCUT2D eigenvalue weighted by Crippen LogP contribution is 2.37. The smallest absolute Gasteiger partial charge is 0.247 e. The van der Waals surface area contributed by atoms with E-state index in [2.05, 4.69) is 21.2 Å². The maximum absolute atomic E-state index is 12.2. The van der Waals surface area contributed by atoms with Gasteiger partial charge < -0.3 is 10.1 Å². The minimum Gasteiger partial charge on any atom is -0.493 e. The average molecular weight is 389 g/mol. The Morgan fingerprint density at radius 2 is 1.95 bits per heavy atom. The number of ether oxygens (including phenoxy) is 1. The van der Waals surface area contributed by atoms with Gasteiger partial charge in [-0.3, -0.25) is 4.79 Å². The summed E-state index contributed by atoms with van der Waals surface area (Å²) >= 11 is 15.5. The monoisotopic (exact) mass is 387 g/mol. The number of carbonyl (C=O) groups is 1. The number of halogens is 3. The van der Waals surface area contributed by atoms with Gasteiger partial charge in [0.15, 0.2) is 5.75 Å². The molecule has 1 N–H and O–H groups in total. The van der Waals surface area contributed by atoms with Crippen molar-refractivity contribution in [3.8, 4) is 5.75 Å². The Morgan fingerprint density at radius 1 is 1.29 bits per heavy atom. The Hall–Kier alpha value is -1.23. The maximum Gasteiger partial charge on any atom is 0.247 e. The van der Waals surface area contributed by atoms with Crippen LogP contribution in [0.5, 0.6) is 5.75 Å². The van der Waals surface area contributed by atoms with Crippen molar-refractivity contribution in [2.75, 3.05) is 12.4 Å². The molecule has 0 bridgehead atoms. The molecule has 6 heteroatoms. The Balaban J connectivity index is 2.24. The molecule has 0 aliphatic heterocycles. The van der Waals surface area contributed by atoms with Crippen molar-refractivity contribution in [1.82, 2.24) is 0 Å². The first-order chi connectivity index (χ1) is 10.0. The fourth-order valence-electron chi connectivity index (χ4n) is 1.83. The Morgan fingerprint density at radius 3 is 2.57 bits per heavy atom. The molecular formula is C15H12BrCl2NO2. The lowest BCUT2D eigenvalue weighted by molar-refractivity contribution is -0.116. The lowest BCUT2D eigenvalue weighted by Gasteiger charge is -2.15. The van der Waals surface area contributed by atoms with Crippen LogP contribution in [0.3, 0.4) is 0 Å². The van der Waals surface area contributed by atoms with Crippen molar-refractivity contribution in [2.45, 2.75) is 5.38 Å². The van der Waals surface area contributed by atoms with E-state index in [0.717, 1.165) is 5.56 Å². The molecule has 1 atom stereocenters. The molecule has 0 saturated carbocycles. The molecular weight excluding hydrogens is 377 g/mol. The summed E-state index contributed by atoms with van der Waals surface area (Å²) in [5.41, 5.74) is 1.18. The van der Waals surface area contributed by atoms with E-state index in [4.69, 9.17) is 27.9 Å². The van der Waals surface area contributed by atoms with Gasteiger partial charge in [-0.2, -0.15) is 0 Å². The van der Waals surface area contributed by atoms with Gasteiger partial charge in [-0.05, 0) is 33.6 Å². The number of nitrogens with one attached hydrogen (secondary N) is 1. The summed E-state index contributed by atoms with van der Waals surface area (Å²) in [7, 11) is 1.51. The molecule has 2 aromatic carbocycles. The summed E-state index contributed by atoms with van der Waals surface area (Å²) in [5.74, 6) is 0.139. The number of benzene rings is 2. The van der Waals surface area contributed by atoms with Gasteiger partial charge in [-0.25, -0.2) is 0 Å². The molecule has 110 valence electrons. The summed E-state index contributed by atoms with van der Waals surface area (Å²) in [5, 5.41) is 2.41. The quantitative estimate of drug-likeness (QED) is 0.746. The molecule has 3 nitrogen and oxygen atoms in total. The van der Waals surface area contributed by atoms with E-state index in [1.54, 1.807) is 24.3 Å². The zero-order chi connectivity index (χ0) is 15.4. The van der Waals surface area contributed by atoms with Gasteiger partial charge in [0.25, 0.3) is 0 Å². The van der Waals surface area contributed by atoms with Crippen molar-refractivity contribution < 1.29 is 9.53 Å². The lowest BCUT2D eigenvalue weighted by Crippen LogP contribution is -2.17. The van der Waals surface area contributed by atoms with Gasteiger partial charge in [0, 0.05) is 5.02 Å². The van der Waals surface area contributed by atoms with Crippen LogP contribution in [0.15, 0.2) is 46.9 Å². The highest BCUT2D eigenvalue weighted by atomic mass is 79.9. The molecule has 2 rings (SSSR count). The van der Waals surface area contributed by atoms with Gasteiger partial charge in [-0.15, -0.1) is 11.6 Å². The standard InChI is InChI=1S/C15H12BrCl2NO2/c1-21-14-11(16)7-10(17)8-12(14)19-15(20)13(18)9-5-3-2-4-6-9/h2-8,13H,1H3,(H,19,20). The first kappa shape index (κ1) is 16.1. The summed E-state index contributed by atoms with van der Waals surface area (Å²) in [6.07, 6.45) is 0. The summed E-state index contributed by atoms with van der Waals surface area (Å²) in [4.78, 5) is 12.2. The van der Waals surface area contributed by atoms with E-state index in [-0.39, 0.29) is 5.91 Å². The number of rotatable bonds is 4. The van der Waals surface area contributed by atoms with E-state index in [1.807, 2.05) is 18.2 Å². The number of hydrogen-bond acceptors (Lipinski definition) is 2. The number of anilines is 1. The zero-order valence-corrected chi connectivity index (χ0v) is 14.2. The number of carbonyl (C=O) groups excluding carboxylic acids is 1. The molecule has 0 aliphatic rings. The molecule has 0 aliphatic carbocycles. The molecule has 1 amide bonds. The highest BCUT2D eigenvalue weighted by Gasteiger charge is 2.20. The van der Waals surface area contributed by atoms with E-state index in [1.165, 1.54) is 7.11 Å². The minimum absolute atomic E-state index is 0.352. The normalized spacial score (nSPS) is 11.8. The summed E-state index contributed by atoms with van der Waals surface area (Å²) < 4.78 is 5.91. The molecule has 0 radical (unpaired) electrons. The molecule has 0 fully saturated rings.